The van der Waals surface area contributed by atoms with Crippen LogP contribution in [0.15, 0.2) is 65.6 Å². The van der Waals surface area contributed by atoms with E-state index >= 15 is 0 Å². The van der Waals surface area contributed by atoms with E-state index in [1.165, 1.54) is 4.57 Å². The number of nitrogens with zero attached hydrogens (tertiary/aromatic N) is 5. The summed E-state index contributed by atoms with van der Waals surface area (Å²) < 4.78 is 8.37. The van der Waals surface area contributed by atoms with Gasteiger partial charge in [0.05, 0.1) is 29.0 Å². The molecule has 2 aromatic carbocycles. The summed E-state index contributed by atoms with van der Waals surface area (Å²) in [6.07, 6.45) is -1.10. The highest BCUT2D eigenvalue weighted by molar-refractivity contribution is 6.10. The summed E-state index contributed by atoms with van der Waals surface area (Å²) in [6.45, 7) is 4.18. The van der Waals surface area contributed by atoms with Crippen molar-refractivity contribution in [2.75, 3.05) is 11.6 Å². The third-order valence-electron chi connectivity index (χ3n) is 7.73. The molecule has 3 fully saturated rings. The summed E-state index contributed by atoms with van der Waals surface area (Å²) in [7, 11) is 0. The van der Waals surface area contributed by atoms with Crippen molar-refractivity contribution < 1.29 is 14.3 Å². The number of hydrogen-bond acceptors (Lipinski definition) is 6. The van der Waals surface area contributed by atoms with Gasteiger partial charge in [-0.2, -0.15) is 0 Å². The highest BCUT2D eigenvalue weighted by Crippen LogP contribution is 2.61. The monoisotopic (exact) mass is 439 g/mol. The van der Waals surface area contributed by atoms with E-state index in [4.69, 9.17) is 9.72 Å². The molecule has 0 aliphatic carbocycles. The van der Waals surface area contributed by atoms with E-state index in [1.54, 1.807) is 28.0 Å². The Labute approximate surface area is 187 Å². The van der Waals surface area contributed by atoms with Crippen molar-refractivity contribution in [1.82, 2.24) is 19.4 Å². The molecule has 7 heterocycles. The van der Waals surface area contributed by atoms with Gasteiger partial charge in [0.1, 0.15) is 17.8 Å². The Morgan fingerprint density at radius 3 is 2.70 bits per heavy atom. The lowest BCUT2D eigenvalue weighted by Gasteiger charge is -2.41. The average molecular weight is 439 g/mol. The van der Waals surface area contributed by atoms with Gasteiger partial charge < -0.3 is 9.64 Å². The van der Waals surface area contributed by atoms with Gasteiger partial charge in [-0.25, -0.2) is 4.98 Å². The molecule has 9 heteroatoms. The summed E-state index contributed by atoms with van der Waals surface area (Å²) in [6, 6.07) is 14.0. The van der Waals surface area contributed by atoms with Gasteiger partial charge in [0.15, 0.2) is 12.1 Å². The summed E-state index contributed by atoms with van der Waals surface area (Å²) in [4.78, 5) is 50.5. The van der Waals surface area contributed by atoms with Crippen LogP contribution in [0.4, 0.5) is 5.69 Å². The molecule has 1 spiro atoms. The minimum atomic E-state index is -1.01. The lowest BCUT2D eigenvalue weighted by atomic mass is 9.85. The molecule has 0 radical (unpaired) electrons. The number of fused-ring (bicyclic) bond motifs is 3. The molecular weight excluding hydrogens is 422 g/mol. The van der Waals surface area contributed by atoms with Crippen LogP contribution >= 0.6 is 0 Å². The third-order valence-corrected chi connectivity index (χ3v) is 7.73. The van der Waals surface area contributed by atoms with Gasteiger partial charge >= 0.3 is 0 Å². The molecule has 3 saturated heterocycles. The molecule has 9 nitrogen and oxygen atoms in total. The maximum Gasteiger partial charge on any atom is 0.275 e. The van der Waals surface area contributed by atoms with E-state index in [-0.39, 0.29) is 30.5 Å². The smallest absolute Gasteiger partial charge is 0.275 e. The first kappa shape index (κ1) is 17.6. The van der Waals surface area contributed by atoms with Gasteiger partial charge in [0, 0.05) is 12.0 Å². The molecule has 0 saturated carbocycles. The van der Waals surface area contributed by atoms with Crippen LogP contribution in [-0.4, -0.2) is 44.0 Å². The Morgan fingerprint density at radius 2 is 1.82 bits per heavy atom. The number of hydrogen-bond donors (Lipinski definition) is 0. The number of aromatic nitrogens is 2. The second-order valence-electron chi connectivity index (χ2n) is 9.17. The lowest BCUT2D eigenvalue weighted by molar-refractivity contribution is -0.162. The van der Waals surface area contributed by atoms with Crippen LogP contribution in [0.5, 0.6) is 0 Å². The van der Waals surface area contributed by atoms with Crippen LogP contribution in [0.3, 0.4) is 0 Å². The first-order valence-electron chi connectivity index (χ1n) is 10.9. The van der Waals surface area contributed by atoms with Crippen LogP contribution < -0.4 is 10.5 Å². The highest BCUT2D eigenvalue weighted by Gasteiger charge is 2.68. The molecule has 6 aliphatic heterocycles. The molecule has 4 atom stereocenters. The molecule has 4 bridgehead atoms. The van der Waals surface area contributed by atoms with Crippen molar-refractivity contribution in [3.63, 3.8) is 0 Å². The first-order valence-corrected chi connectivity index (χ1v) is 10.9. The number of carbonyl (C=O) groups excluding carboxylic acids is 2. The van der Waals surface area contributed by atoms with Gasteiger partial charge in [0.25, 0.3) is 11.5 Å². The third kappa shape index (κ3) is 1.75. The van der Waals surface area contributed by atoms with Gasteiger partial charge in [-0.1, -0.05) is 36.9 Å². The van der Waals surface area contributed by atoms with E-state index in [9.17, 15) is 14.4 Å². The number of anilines is 1. The molecule has 162 valence electrons. The van der Waals surface area contributed by atoms with Crippen LogP contribution in [0.25, 0.3) is 10.9 Å². The fourth-order valence-electron chi connectivity index (χ4n) is 6.38. The van der Waals surface area contributed by atoms with Crippen molar-refractivity contribution in [3.05, 3.63) is 82.5 Å². The normalized spacial score (nSPS) is 30.6. The zero-order valence-electron chi connectivity index (χ0n) is 17.3. The van der Waals surface area contributed by atoms with Crippen LogP contribution in [0.1, 0.15) is 30.1 Å². The molecule has 2 amide bonds. The van der Waals surface area contributed by atoms with Crippen LogP contribution in [0, 0.1) is 0 Å². The predicted molar refractivity (Wildman–Crippen MR) is 116 cm³/mol. The van der Waals surface area contributed by atoms with Crippen molar-refractivity contribution in [2.24, 2.45) is 0 Å². The van der Waals surface area contributed by atoms with Crippen molar-refractivity contribution in [1.29, 1.82) is 0 Å². The number of ether oxygens (including phenoxy) is 1. The second-order valence-corrected chi connectivity index (χ2v) is 9.17. The van der Waals surface area contributed by atoms with E-state index in [2.05, 4.69) is 6.58 Å². The molecule has 1 aromatic heterocycles. The summed E-state index contributed by atoms with van der Waals surface area (Å²) in [5, 5.41) is 0.471. The quantitative estimate of drug-likeness (QED) is 0.494. The Morgan fingerprint density at radius 1 is 1.03 bits per heavy atom. The zero-order valence-corrected chi connectivity index (χ0v) is 17.3. The van der Waals surface area contributed by atoms with E-state index in [0.29, 0.717) is 22.4 Å². The number of amides is 2. The van der Waals surface area contributed by atoms with Gasteiger partial charge in [-0.05, 0) is 18.2 Å². The zero-order chi connectivity index (χ0) is 22.2. The molecule has 4 unspecified atom stereocenters. The Hall–Kier alpha value is -3.98. The Bertz CT molecular complexity index is 1550. The lowest BCUT2D eigenvalue weighted by Crippen LogP contribution is -2.56. The topological polar surface area (TPSA) is 88.0 Å². The van der Waals surface area contributed by atoms with Gasteiger partial charge in [0.2, 0.25) is 5.91 Å². The molecular formula is C24H17N5O4. The van der Waals surface area contributed by atoms with Crippen LogP contribution in [-0.2, 0) is 19.9 Å². The number of para-hydroxylation sites is 2. The molecule has 3 aromatic rings. The van der Waals surface area contributed by atoms with E-state index in [1.807, 2.05) is 35.2 Å². The predicted octanol–water partition coefficient (Wildman–Crippen LogP) is 1.57. The fraction of sp³-hybridized carbons (Fsp3) is 0.250. The first-order chi connectivity index (χ1) is 16.0. The van der Waals surface area contributed by atoms with Crippen molar-refractivity contribution in [2.45, 2.75) is 30.5 Å². The van der Waals surface area contributed by atoms with Crippen molar-refractivity contribution in [3.8, 4) is 0 Å². The summed E-state index contributed by atoms with van der Waals surface area (Å²) >= 11 is 0. The standard InChI is InChI=1S/C24H17N5O4/c1-12-19(30)29-16-9-5-3-7-14(16)24-10-17-21(32)27(11-26(12)23(24)29)22(33-24)18-25-15-8-4-2-6-13(15)20(31)28(17)18/h2-9,17,22-23H,1,10-11H2. The molecule has 9 rings (SSSR count). The molecule has 0 N–H and O–H groups in total. The number of benzene rings is 2. The summed E-state index contributed by atoms with van der Waals surface area (Å²) in [5.41, 5.74) is 1.26. The molecule has 6 aliphatic rings. The minimum absolute atomic E-state index is 0.143. The van der Waals surface area contributed by atoms with Crippen molar-refractivity contribution >= 4 is 28.4 Å². The van der Waals surface area contributed by atoms with E-state index < -0.39 is 24.0 Å². The van der Waals surface area contributed by atoms with E-state index in [0.717, 1.165) is 11.3 Å². The Balaban J connectivity index is 1.47. The minimum Gasteiger partial charge on any atom is -0.335 e. The maximum absolute atomic E-state index is 13.7. The number of rotatable bonds is 0. The largest absolute Gasteiger partial charge is 0.335 e. The highest BCUT2D eigenvalue weighted by atomic mass is 16.5. The average Bonchev–Trinajstić information content (AvgIpc) is 3.03. The maximum atomic E-state index is 13.7. The Kier molecular flexibility index (Phi) is 2.83. The number of carbonyl (C=O) groups is 2. The summed E-state index contributed by atoms with van der Waals surface area (Å²) in [5.74, 6) is 0.0271. The molecule has 33 heavy (non-hydrogen) atoms. The van der Waals surface area contributed by atoms with Crippen LogP contribution in [0.2, 0.25) is 0 Å². The second kappa shape index (κ2) is 5.32. The van der Waals surface area contributed by atoms with Gasteiger partial charge in [-0.15, -0.1) is 0 Å². The SMILES string of the molecule is C=C1C(=O)N2c3ccccc3C34CC5C(=O)N(CN1C23)C(O4)c1nc2ccccc2c(=O)n15. The van der Waals surface area contributed by atoms with Gasteiger partial charge in [-0.3, -0.25) is 28.8 Å². The fourth-order valence-corrected chi connectivity index (χ4v) is 6.38.